The van der Waals surface area contributed by atoms with Crippen LogP contribution >= 0.6 is 13.5 Å². The van der Waals surface area contributed by atoms with Gasteiger partial charge in [-0.15, -0.1) is 0 Å². The summed E-state index contributed by atoms with van der Waals surface area (Å²) in [6.45, 7) is 2.55. The van der Waals surface area contributed by atoms with Crippen molar-refractivity contribution in [1.29, 1.82) is 0 Å². The molecular weight excluding hydrogens is 386 g/mol. The van der Waals surface area contributed by atoms with Crippen LogP contribution in [0.15, 0.2) is 42.6 Å². The van der Waals surface area contributed by atoms with E-state index in [0.717, 1.165) is 35.9 Å². The van der Waals surface area contributed by atoms with Gasteiger partial charge in [-0.05, 0) is 25.0 Å². The molecule has 3 rings (SSSR count). The molecule has 0 amide bonds. The molecule has 156 valence electrons. The van der Waals surface area contributed by atoms with Crippen LogP contribution in [0.3, 0.4) is 0 Å². The lowest BCUT2D eigenvalue weighted by Gasteiger charge is -2.20. The molecule has 8 heteroatoms. The Balaban J connectivity index is 0.00000300. The van der Waals surface area contributed by atoms with Crippen molar-refractivity contribution in [1.82, 2.24) is 15.0 Å². The fraction of sp³-hybridized carbons (Fsp3) is 0.381. The smallest absolute Gasteiger partial charge is 0.222 e. The average molecular weight is 416 g/mol. The first-order chi connectivity index (χ1) is 13.7. The van der Waals surface area contributed by atoms with Crippen molar-refractivity contribution in [3.63, 3.8) is 0 Å². The third-order valence-corrected chi connectivity index (χ3v) is 4.53. The van der Waals surface area contributed by atoms with Gasteiger partial charge < -0.3 is 20.9 Å². The number of nitrogens with two attached hydrogens (primary N) is 1. The Morgan fingerprint density at radius 1 is 1.14 bits per heavy atom. The summed E-state index contributed by atoms with van der Waals surface area (Å²) in [5, 5.41) is 13.8. The number of aliphatic hydroxyl groups excluding tert-OH is 1. The molecule has 7 nitrogen and oxygen atoms in total. The number of fused-ring (bicyclic) bond motifs is 1. The Kier molecular flexibility index (Phi) is 8.95. The van der Waals surface area contributed by atoms with E-state index >= 15 is 0 Å². The second-order valence-electron chi connectivity index (χ2n) is 6.72. The second kappa shape index (κ2) is 11.4. The number of ether oxygens (including phenoxy) is 1. The highest BCUT2D eigenvalue weighted by Crippen LogP contribution is 2.25. The van der Waals surface area contributed by atoms with Crippen LogP contribution in [0.1, 0.15) is 38.3 Å². The quantitative estimate of drug-likeness (QED) is 0.464. The summed E-state index contributed by atoms with van der Waals surface area (Å²) in [4.78, 5) is 13.0. The molecule has 2 heterocycles. The maximum absolute atomic E-state index is 9.34. The number of aliphatic hydroxyl groups is 1. The van der Waals surface area contributed by atoms with Gasteiger partial charge in [-0.25, -0.2) is 9.97 Å². The zero-order valence-electron chi connectivity index (χ0n) is 16.6. The highest BCUT2D eigenvalue weighted by molar-refractivity contribution is 7.59. The normalized spacial score (nSPS) is 11.7. The van der Waals surface area contributed by atoms with E-state index in [1.165, 1.54) is 0 Å². The second-order valence-corrected chi connectivity index (χ2v) is 6.72. The van der Waals surface area contributed by atoms with Gasteiger partial charge in [-0.1, -0.05) is 44.0 Å². The molecule has 0 aliphatic heterocycles. The number of hydrogen-bond donors (Lipinski definition) is 3. The van der Waals surface area contributed by atoms with E-state index in [0.29, 0.717) is 24.6 Å². The van der Waals surface area contributed by atoms with Crippen LogP contribution in [0.25, 0.3) is 10.9 Å². The summed E-state index contributed by atoms with van der Waals surface area (Å²) in [5.41, 5.74) is 7.51. The van der Waals surface area contributed by atoms with E-state index in [1.807, 2.05) is 36.4 Å². The van der Waals surface area contributed by atoms with Crippen LogP contribution in [0.4, 0.5) is 11.8 Å². The average Bonchev–Trinajstić information content (AvgIpc) is 2.71. The molecule has 0 saturated heterocycles. The molecule has 0 aliphatic rings. The maximum Gasteiger partial charge on any atom is 0.222 e. The minimum Gasteiger partial charge on any atom is -0.482 e. The van der Waals surface area contributed by atoms with Crippen molar-refractivity contribution in [3.05, 3.63) is 48.3 Å². The van der Waals surface area contributed by atoms with Crippen LogP contribution in [-0.4, -0.2) is 32.7 Å². The fourth-order valence-corrected chi connectivity index (χ4v) is 3.02. The Bertz CT molecular complexity index is 909. The third-order valence-electron chi connectivity index (χ3n) is 4.53. The van der Waals surface area contributed by atoms with Crippen molar-refractivity contribution in [2.24, 2.45) is 0 Å². The molecule has 3 aromatic rings. The molecule has 4 N–H and O–H groups in total. The molecular formula is C21H29N5O2S. The van der Waals surface area contributed by atoms with Crippen molar-refractivity contribution in [2.45, 2.75) is 45.3 Å². The van der Waals surface area contributed by atoms with Crippen LogP contribution in [0, 0.1) is 0 Å². The van der Waals surface area contributed by atoms with Gasteiger partial charge in [0, 0.05) is 18.0 Å². The number of anilines is 2. The van der Waals surface area contributed by atoms with Gasteiger partial charge in [-0.2, -0.15) is 18.5 Å². The zero-order valence-corrected chi connectivity index (χ0v) is 17.6. The van der Waals surface area contributed by atoms with Crippen LogP contribution < -0.4 is 15.8 Å². The Labute approximate surface area is 178 Å². The van der Waals surface area contributed by atoms with Gasteiger partial charge in [0.05, 0.1) is 17.4 Å². The minimum atomic E-state index is 0. The Morgan fingerprint density at radius 3 is 2.76 bits per heavy atom. The molecule has 1 aromatic carbocycles. The molecule has 0 fully saturated rings. The van der Waals surface area contributed by atoms with Crippen LogP contribution in [0.5, 0.6) is 5.75 Å². The molecule has 0 unspecified atom stereocenters. The number of pyridine rings is 1. The van der Waals surface area contributed by atoms with Gasteiger partial charge in [-0.3, -0.25) is 0 Å². The fourth-order valence-electron chi connectivity index (χ4n) is 3.02. The lowest BCUT2D eigenvalue weighted by atomic mass is 10.1. The summed E-state index contributed by atoms with van der Waals surface area (Å²) in [7, 11) is 0. The van der Waals surface area contributed by atoms with E-state index in [2.05, 4.69) is 27.2 Å². The van der Waals surface area contributed by atoms with E-state index in [9.17, 15) is 5.11 Å². The number of aromatic nitrogens is 3. The van der Waals surface area contributed by atoms with Crippen molar-refractivity contribution < 1.29 is 9.84 Å². The minimum absolute atomic E-state index is 0. The number of hydrogen-bond acceptors (Lipinski definition) is 7. The summed E-state index contributed by atoms with van der Waals surface area (Å²) in [6, 6.07) is 12.0. The van der Waals surface area contributed by atoms with Crippen molar-refractivity contribution in [2.75, 3.05) is 17.7 Å². The highest BCUT2D eigenvalue weighted by Gasteiger charge is 2.14. The number of nitrogens with one attached hydrogen (secondary N) is 1. The summed E-state index contributed by atoms with van der Waals surface area (Å²) >= 11 is 0. The molecule has 29 heavy (non-hydrogen) atoms. The molecule has 0 aliphatic carbocycles. The number of rotatable bonds is 10. The first kappa shape index (κ1) is 22.7. The maximum atomic E-state index is 9.34. The molecule has 1 atom stereocenters. The predicted molar refractivity (Wildman–Crippen MR) is 122 cm³/mol. The predicted octanol–water partition coefficient (Wildman–Crippen LogP) is 3.65. The first-order valence-corrected chi connectivity index (χ1v) is 9.67. The van der Waals surface area contributed by atoms with Crippen molar-refractivity contribution >= 4 is 36.2 Å². The molecule has 0 radical (unpaired) electrons. The summed E-state index contributed by atoms with van der Waals surface area (Å²) < 4.78 is 5.94. The SMILES string of the molecule is CCCC[C@@H](CCO)Nc1nc(N)ncc1OCc1ccc2ccccc2n1.S. The Hall–Kier alpha value is -2.58. The number of unbranched alkanes of at least 4 members (excludes halogenated alkanes) is 1. The number of nitrogens with zero attached hydrogens (tertiary/aromatic N) is 3. The van der Waals surface area contributed by atoms with E-state index < -0.39 is 0 Å². The number of para-hydroxylation sites is 1. The Morgan fingerprint density at radius 2 is 1.97 bits per heavy atom. The molecule has 0 spiro atoms. The van der Waals surface area contributed by atoms with Crippen molar-refractivity contribution in [3.8, 4) is 5.75 Å². The molecule has 0 saturated carbocycles. The van der Waals surface area contributed by atoms with Gasteiger partial charge in [0.15, 0.2) is 11.6 Å². The monoisotopic (exact) mass is 415 g/mol. The third kappa shape index (κ3) is 6.47. The topological polar surface area (TPSA) is 106 Å². The van der Waals surface area contributed by atoms with E-state index in [-0.39, 0.29) is 32.1 Å². The van der Waals surface area contributed by atoms with Gasteiger partial charge in [0.2, 0.25) is 5.95 Å². The van der Waals surface area contributed by atoms with Gasteiger partial charge in [0.25, 0.3) is 0 Å². The summed E-state index contributed by atoms with van der Waals surface area (Å²) in [5.74, 6) is 1.24. The molecule has 0 bridgehead atoms. The van der Waals surface area contributed by atoms with E-state index in [1.54, 1.807) is 6.20 Å². The lowest BCUT2D eigenvalue weighted by Crippen LogP contribution is -2.22. The van der Waals surface area contributed by atoms with E-state index in [4.69, 9.17) is 10.5 Å². The first-order valence-electron chi connectivity index (χ1n) is 9.67. The molecule has 2 aromatic heterocycles. The van der Waals surface area contributed by atoms with Crippen LogP contribution in [0.2, 0.25) is 0 Å². The van der Waals surface area contributed by atoms with Crippen LogP contribution in [-0.2, 0) is 6.61 Å². The number of nitrogen functional groups attached to an aromatic ring is 1. The lowest BCUT2D eigenvalue weighted by molar-refractivity contribution is 0.275. The van der Waals surface area contributed by atoms with Gasteiger partial charge in [0.1, 0.15) is 6.61 Å². The van der Waals surface area contributed by atoms with Gasteiger partial charge >= 0.3 is 0 Å². The highest BCUT2D eigenvalue weighted by atomic mass is 32.1. The number of benzene rings is 1. The zero-order chi connectivity index (χ0) is 19.8. The largest absolute Gasteiger partial charge is 0.482 e. The standard InChI is InChI=1S/C21H27N5O2.H2S/c1-2-3-7-16(11-12-27)25-20-19(13-23-21(22)26-20)28-14-17-10-9-15-6-4-5-8-18(15)24-17;/h4-6,8-10,13,16,27H,2-3,7,11-12,14H2,1H3,(H3,22,23,25,26);1H2/t16-;/m0./s1. The summed E-state index contributed by atoms with van der Waals surface area (Å²) in [6.07, 6.45) is 5.30.